The van der Waals surface area contributed by atoms with Crippen LogP contribution in [0.1, 0.15) is 43.5 Å². The predicted octanol–water partition coefficient (Wildman–Crippen LogP) is 1.98. The van der Waals surface area contributed by atoms with Crippen LogP contribution in [0.2, 0.25) is 0 Å². The van der Waals surface area contributed by atoms with E-state index in [2.05, 4.69) is 0 Å². The number of nitrogens with zero attached hydrogens (tertiary/aromatic N) is 1. The number of β-lactam (4-membered cyclic amide) rings is 1. The van der Waals surface area contributed by atoms with E-state index in [1.165, 1.54) is 6.92 Å². The van der Waals surface area contributed by atoms with Crippen molar-refractivity contribution < 1.29 is 23.9 Å². The van der Waals surface area contributed by atoms with Crippen molar-refractivity contribution in [1.29, 1.82) is 0 Å². The first-order valence-electron chi connectivity index (χ1n) is 8.05. The summed E-state index contributed by atoms with van der Waals surface area (Å²) >= 11 is 0. The number of esters is 1. The molecule has 128 valence electrons. The first kappa shape index (κ1) is 17.8. The highest BCUT2D eigenvalue weighted by atomic mass is 16.5. The van der Waals surface area contributed by atoms with E-state index in [0.29, 0.717) is 25.0 Å². The summed E-state index contributed by atoms with van der Waals surface area (Å²) in [6, 6.07) is 7.82. The molecule has 1 aliphatic rings. The van der Waals surface area contributed by atoms with Gasteiger partial charge in [-0.25, -0.2) is 0 Å². The molecule has 1 fully saturated rings. The molecular formula is C18H21NO5. The normalized spacial score (nSPS) is 19.6. The minimum atomic E-state index is -0.778. The molecule has 0 spiro atoms. The average Bonchev–Trinajstić information content (AvgIpc) is 2.56. The number of hydrogen-bond donors (Lipinski definition) is 0. The Morgan fingerprint density at radius 2 is 1.83 bits per heavy atom. The second-order valence-corrected chi connectivity index (χ2v) is 5.71. The van der Waals surface area contributed by atoms with Crippen molar-refractivity contribution in [2.45, 2.75) is 39.2 Å². The number of carbonyl (C=O) groups excluding carboxylic acids is 4. The molecule has 1 aromatic carbocycles. The van der Waals surface area contributed by atoms with Gasteiger partial charge < -0.3 is 4.74 Å². The summed E-state index contributed by atoms with van der Waals surface area (Å²) in [5.41, 5.74) is 0.469. The van der Waals surface area contributed by atoms with Crippen LogP contribution in [0.4, 0.5) is 0 Å². The maximum Gasteiger partial charge on any atom is 0.305 e. The second kappa shape index (κ2) is 7.86. The number of benzene rings is 1. The number of imide groups is 1. The number of likely N-dealkylation sites (tertiary alicyclic amines) is 1. The van der Waals surface area contributed by atoms with Gasteiger partial charge in [0.1, 0.15) is 6.04 Å². The largest absolute Gasteiger partial charge is 0.466 e. The lowest BCUT2D eigenvalue weighted by atomic mass is 9.79. The molecule has 0 aliphatic carbocycles. The van der Waals surface area contributed by atoms with Gasteiger partial charge >= 0.3 is 5.97 Å². The molecule has 1 saturated heterocycles. The van der Waals surface area contributed by atoms with Crippen LogP contribution in [0.25, 0.3) is 0 Å². The zero-order chi connectivity index (χ0) is 17.7. The Balaban J connectivity index is 2.06. The van der Waals surface area contributed by atoms with Crippen molar-refractivity contribution in [2.24, 2.45) is 5.92 Å². The average molecular weight is 331 g/mol. The van der Waals surface area contributed by atoms with Crippen molar-refractivity contribution >= 4 is 23.6 Å². The molecule has 0 bridgehead atoms. The maximum absolute atomic E-state index is 12.7. The Kier molecular flexibility index (Phi) is 5.84. The first-order chi connectivity index (χ1) is 11.5. The Bertz CT molecular complexity index is 640. The van der Waals surface area contributed by atoms with Gasteiger partial charge in [-0.3, -0.25) is 24.1 Å². The molecule has 1 heterocycles. The fraction of sp³-hybridized carbons (Fsp3) is 0.444. The first-order valence-corrected chi connectivity index (χ1v) is 8.05. The van der Waals surface area contributed by atoms with E-state index in [-0.39, 0.29) is 24.1 Å². The predicted molar refractivity (Wildman–Crippen MR) is 86.1 cm³/mol. The Morgan fingerprint density at radius 3 is 2.42 bits per heavy atom. The number of Topliss-reactive ketones (excluding diaryl/α,β-unsaturated/α-hetero) is 1. The lowest BCUT2D eigenvalue weighted by Gasteiger charge is -2.44. The number of rotatable bonds is 7. The van der Waals surface area contributed by atoms with Gasteiger partial charge in [-0.1, -0.05) is 30.3 Å². The van der Waals surface area contributed by atoms with Gasteiger partial charge in [0.2, 0.25) is 11.8 Å². The second-order valence-electron chi connectivity index (χ2n) is 5.71. The fourth-order valence-corrected chi connectivity index (χ4v) is 2.95. The summed E-state index contributed by atoms with van der Waals surface area (Å²) in [6.07, 6.45) is 1.02. The van der Waals surface area contributed by atoms with Crippen LogP contribution in [-0.4, -0.2) is 41.1 Å². The molecule has 0 aromatic heterocycles. The van der Waals surface area contributed by atoms with Gasteiger partial charge in [-0.15, -0.1) is 0 Å². The van der Waals surface area contributed by atoms with Gasteiger partial charge in [0.05, 0.1) is 12.5 Å². The van der Waals surface area contributed by atoms with Gasteiger partial charge in [0.25, 0.3) is 0 Å². The van der Waals surface area contributed by atoms with E-state index in [1.807, 2.05) is 0 Å². The van der Waals surface area contributed by atoms with Crippen molar-refractivity contribution in [1.82, 2.24) is 4.90 Å². The number of amides is 2. The molecule has 0 radical (unpaired) electrons. The quantitative estimate of drug-likeness (QED) is 0.433. The summed E-state index contributed by atoms with van der Waals surface area (Å²) in [5, 5.41) is 0. The van der Waals surface area contributed by atoms with Crippen molar-refractivity contribution in [3.05, 3.63) is 35.9 Å². The third-order valence-corrected chi connectivity index (χ3v) is 4.08. The molecule has 0 N–H and O–H groups in total. The monoisotopic (exact) mass is 331 g/mol. The van der Waals surface area contributed by atoms with Crippen molar-refractivity contribution in [2.75, 3.05) is 6.61 Å². The van der Waals surface area contributed by atoms with Gasteiger partial charge in [-0.05, 0) is 19.8 Å². The summed E-state index contributed by atoms with van der Waals surface area (Å²) in [6.45, 7) is 3.32. The highest BCUT2D eigenvalue weighted by Gasteiger charge is 2.52. The molecule has 1 aromatic rings. The third-order valence-electron chi connectivity index (χ3n) is 4.08. The van der Waals surface area contributed by atoms with Crippen molar-refractivity contribution in [3.63, 3.8) is 0 Å². The van der Waals surface area contributed by atoms with Gasteiger partial charge in [-0.2, -0.15) is 0 Å². The molecule has 2 amide bonds. The highest BCUT2D eigenvalue weighted by molar-refractivity contribution is 6.13. The summed E-state index contributed by atoms with van der Waals surface area (Å²) in [7, 11) is 0. The zero-order valence-corrected chi connectivity index (χ0v) is 13.9. The molecule has 1 aliphatic heterocycles. The van der Waals surface area contributed by atoms with Crippen LogP contribution in [0, 0.1) is 5.92 Å². The Labute approximate surface area is 140 Å². The number of hydrogen-bond acceptors (Lipinski definition) is 5. The SMILES string of the molecule is CCOC(=O)CCCC1C(=O)N(C(C)=O)C1C(=O)c1ccccc1. The standard InChI is InChI=1S/C18H21NO5/c1-3-24-15(21)11-7-10-14-16(19(12(2)20)18(14)23)17(22)13-8-5-4-6-9-13/h4-6,8-9,14,16H,3,7,10-11H2,1-2H3. The van der Waals surface area contributed by atoms with Crippen LogP contribution in [-0.2, 0) is 19.1 Å². The number of ether oxygens (including phenoxy) is 1. The minimum absolute atomic E-state index is 0.198. The molecule has 6 nitrogen and oxygen atoms in total. The van der Waals surface area contributed by atoms with E-state index >= 15 is 0 Å². The van der Waals surface area contributed by atoms with Crippen molar-refractivity contribution in [3.8, 4) is 0 Å². The summed E-state index contributed by atoms with van der Waals surface area (Å²) in [5.74, 6) is -1.90. The van der Waals surface area contributed by atoms with E-state index in [0.717, 1.165) is 4.90 Å². The molecule has 2 atom stereocenters. The van der Waals surface area contributed by atoms with Crippen LogP contribution in [0.3, 0.4) is 0 Å². The lowest BCUT2D eigenvalue weighted by Crippen LogP contribution is -2.65. The van der Waals surface area contributed by atoms with E-state index in [9.17, 15) is 19.2 Å². The van der Waals surface area contributed by atoms with Crippen LogP contribution >= 0.6 is 0 Å². The molecule has 6 heteroatoms. The smallest absolute Gasteiger partial charge is 0.305 e. The molecule has 2 rings (SSSR count). The van der Waals surface area contributed by atoms with Crippen LogP contribution in [0.15, 0.2) is 30.3 Å². The Morgan fingerprint density at radius 1 is 1.17 bits per heavy atom. The van der Waals surface area contributed by atoms with Crippen LogP contribution < -0.4 is 0 Å². The summed E-state index contributed by atoms with van der Waals surface area (Å²) < 4.78 is 4.85. The highest BCUT2D eigenvalue weighted by Crippen LogP contribution is 2.33. The van der Waals surface area contributed by atoms with Crippen LogP contribution in [0.5, 0.6) is 0 Å². The zero-order valence-electron chi connectivity index (χ0n) is 13.9. The third kappa shape index (κ3) is 3.69. The van der Waals surface area contributed by atoms with E-state index < -0.39 is 17.9 Å². The Hall–Kier alpha value is -2.50. The van der Waals surface area contributed by atoms with E-state index in [4.69, 9.17) is 4.74 Å². The van der Waals surface area contributed by atoms with Gasteiger partial charge in [0.15, 0.2) is 5.78 Å². The summed E-state index contributed by atoms with van der Waals surface area (Å²) in [4.78, 5) is 48.9. The topological polar surface area (TPSA) is 80.8 Å². The fourth-order valence-electron chi connectivity index (χ4n) is 2.95. The lowest BCUT2D eigenvalue weighted by molar-refractivity contribution is -0.163. The van der Waals surface area contributed by atoms with Gasteiger partial charge in [0, 0.05) is 18.9 Å². The minimum Gasteiger partial charge on any atom is -0.466 e. The maximum atomic E-state index is 12.7. The molecule has 2 unspecified atom stereocenters. The molecule has 0 saturated carbocycles. The number of carbonyl (C=O) groups is 4. The van der Waals surface area contributed by atoms with E-state index in [1.54, 1.807) is 37.3 Å². The number of ketones is 1. The molecule has 24 heavy (non-hydrogen) atoms. The molecular weight excluding hydrogens is 310 g/mol.